The number of carbonyl (C=O) groups is 2. The minimum absolute atomic E-state index is 0.113. The average molecular weight is 271 g/mol. The van der Waals surface area contributed by atoms with Crippen molar-refractivity contribution in [1.82, 2.24) is 0 Å². The van der Waals surface area contributed by atoms with Crippen molar-refractivity contribution in [2.75, 3.05) is 12.4 Å². The van der Waals surface area contributed by atoms with Crippen LogP contribution >= 0.6 is 0 Å². The van der Waals surface area contributed by atoms with Gasteiger partial charge in [0.25, 0.3) is 0 Å². The number of ether oxygens (including phenoxy) is 1. The molecule has 0 saturated heterocycles. The number of hydrogen-bond acceptors (Lipinski definition) is 3. The van der Waals surface area contributed by atoms with E-state index < -0.39 is 0 Å². The molecule has 2 atom stereocenters. The van der Waals surface area contributed by atoms with E-state index in [0.717, 1.165) is 30.5 Å². The summed E-state index contributed by atoms with van der Waals surface area (Å²) in [6.45, 7) is 0. The zero-order valence-electron chi connectivity index (χ0n) is 11.4. The first-order valence-electron chi connectivity index (χ1n) is 6.90. The second kappa shape index (κ2) is 5.12. The SMILES string of the molecule is COC(=O)C=Cc1ccc2c(c1)C1CCCC1C(=O)N2. The number of benzene rings is 1. The van der Waals surface area contributed by atoms with Crippen LogP contribution in [0.1, 0.15) is 36.3 Å². The van der Waals surface area contributed by atoms with Crippen LogP contribution in [-0.2, 0) is 14.3 Å². The Kier molecular flexibility index (Phi) is 3.30. The van der Waals surface area contributed by atoms with Crippen LogP contribution in [0.5, 0.6) is 0 Å². The van der Waals surface area contributed by atoms with E-state index in [1.807, 2.05) is 12.1 Å². The summed E-state index contributed by atoms with van der Waals surface area (Å²) in [6, 6.07) is 5.88. The minimum atomic E-state index is -0.366. The van der Waals surface area contributed by atoms with Gasteiger partial charge in [-0.3, -0.25) is 4.79 Å². The Labute approximate surface area is 117 Å². The van der Waals surface area contributed by atoms with Gasteiger partial charge in [-0.2, -0.15) is 0 Å². The number of nitrogens with one attached hydrogen (secondary N) is 1. The number of rotatable bonds is 2. The van der Waals surface area contributed by atoms with Gasteiger partial charge < -0.3 is 10.1 Å². The van der Waals surface area contributed by atoms with Gasteiger partial charge in [0.05, 0.1) is 7.11 Å². The van der Waals surface area contributed by atoms with Gasteiger partial charge in [0.1, 0.15) is 0 Å². The topological polar surface area (TPSA) is 55.4 Å². The summed E-state index contributed by atoms with van der Waals surface area (Å²) in [5.41, 5.74) is 3.06. The van der Waals surface area contributed by atoms with Crippen molar-refractivity contribution in [1.29, 1.82) is 0 Å². The molecule has 0 aromatic heterocycles. The Bertz CT molecular complexity index is 591. The number of hydrogen-bond donors (Lipinski definition) is 1. The number of esters is 1. The molecular weight excluding hydrogens is 254 g/mol. The van der Waals surface area contributed by atoms with E-state index in [1.165, 1.54) is 18.7 Å². The Morgan fingerprint density at radius 3 is 2.95 bits per heavy atom. The first-order valence-corrected chi connectivity index (χ1v) is 6.90. The highest BCUT2D eigenvalue weighted by molar-refractivity contribution is 5.97. The average Bonchev–Trinajstić information content (AvgIpc) is 2.95. The highest BCUT2D eigenvalue weighted by atomic mass is 16.5. The van der Waals surface area contributed by atoms with E-state index in [-0.39, 0.29) is 17.8 Å². The van der Waals surface area contributed by atoms with Crippen molar-refractivity contribution in [2.45, 2.75) is 25.2 Å². The second-order valence-electron chi connectivity index (χ2n) is 5.34. The fourth-order valence-electron chi connectivity index (χ4n) is 3.21. The van der Waals surface area contributed by atoms with Gasteiger partial charge >= 0.3 is 5.97 Å². The van der Waals surface area contributed by atoms with E-state index >= 15 is 0 Å². The molecule has 0 spiro atoms. The summed E-state index contributed by atoms with van der Waals surface area (Å²) in [5, 5.41) is 2.98. The standard InChI is InChI=1S/C16H17NO3/c1-20-15(18)8-6-10-5-7-14-13(9-10)11-3-2-4-12(11)16(19)17-14/h5-9,11-12H,2-4H2,1H3,(H,17,19). The molecule has 3 rings (SSSR count). The maximum atomic E-state index is 12.0. The van der Waals surface area contributed by atoms with E-state index in [4.69, 9.17) is 0 Å². The second-order valence-corrected chi connectivity index (χ2v) is 5.34. The van der Waals surface area contributed by atoms with Gasteiger partial charge in [-0.1, -0.05) is 12.5 Å². The molecule has 1 heterocycles. The van der Waals surface area contributed by atoms with Gasteiger partial charge in [-0.15, -0.1) is 0 Å². The van der Waals surface area contributed by atoms with Gasteiger partial charge in [-0.25, -0.2) is 4.79 Å². The van der Waals surface area contributed by atoms with E-state index in [9.17, 15) is 9.59 Å². The van der Waals surface area contributed by atoms with E-state index in [1.54, 1.807) is 6.08 Å². The maximum absolute atomic E-state index is 12.0. The lowest BCUT2D eigenvalue weighted by atomic mass is 9.83. The molecule has 4 heteroatoms. The van der Waals surface area contributed by atoms with Crippen molar-refractivity contribution in [3.05, 3.63) is 35.4 Å². The van der Waals surface area contributed by atoms with Gasteiger partial charge in [-0.05, 0) is 48.1 Å². The van der Waals surface area contributed by atoms with Gasteiger partial charge in [0, 0.05) is 17.7 Å². The highest BCUT2D eigenvalue weighted by Crippen LogP contribution is 2.46. The summed E-state index contributed by atoms with van der Waals surface area (Å²) in [4.78, 5) is 23.1. The monoisotopic (exact) mass is 271 g/mol. The number of carbonyl (C=O) groups excluding carboxylic acids is 2. The summed E-state index contributed by atoms with van der Waals surface area (Å²) < 4.78 is 4.59. The molecule has 2 aliphatic rings. The lowest BCUT2D eigenvalue weighted by molar-refractivity contribution is -0.134. The zero-order chi connectivity index (χ0) is 14.1. The Morgan fingerprint density at radius 2 is 2.15 bits per heavy atom. The lowest BCUT2D eigenvalue weighted by Crippen LogP contribution is -2.30. The van der Waals surface area contributed by atoms with Crippen molar-refractivity contribution < 1.29 is 14.3 Å². The zero-order valence-corrected chi connectivity index (χ0v) is 11.4. The van der Waals surface area contributed by atoms with Crippen LogP contribution in [0.15, 0.2) is 24.3 Å². The molecule has 104 valence electrons. The summed E-state index contributed by atoms with van der Waals surface area (Å²) in [6.07, 6.45) is 6.29. The molecule has 0 radical (unpaired) electrons. The molecular formula is C16H17NO3. The van der Waals surface area contributed by atoms with E-state index in [0.29, 0.717) is 5.92 Å². The number of anilines is 1. The van der Waals surface area contributed by atoms with Crippen LogP contribution in [0.3, 0.4) is 0 Å². The first-order chi connectivity index (χ1) is 9.69. The maximum Gasteiger partial charge on any atom is 0.330 e. The smallest absolute Gasteiger partial charge is 0.330 e. The molecule has 1 aliphatic carbocycles. The van der Waals surface area contributed by atoms with Gasteiger partial charge in [0.2, 0.25) is 5.91 Å². The van der Waals surface area contributed by atoms with Crippen LogP contribution in [0.25, 0.3) is 6.08 Å². The number of amides is 1. The highest BCUT2D eigenvalue weighted by Gasteiger charge is 2.38. The molecule has 1 aromatic carbocycles. The van der Waals surface area contributed by atoms with Crippen LogP contribution in [-0.4, -0.2) is 19.0 Å². The van der Waals surface area contributed by atoms with Gasteiger partial charge in [0.15, 0.2) is 0 Å². The van der Waals surface area contributed by atoms with Crippen LogP contribution in [0.2, 0.25) is 0 Å². The fourth-order valence-corrected chi connectivity index (χ4v) is 3.21. The first kappa shape index (κ1) is 12.9. The molecule has 2 unspecified atom stereocenters. The fraction of sp³-hybridized carbons (Fsp3) is 0.375. The normalized spacial score (nSPS) is 24.1. The number of fused-ring (bicyclic) bond motifs is 3. The molecule has 1 N–H and O–H groups in total. The van der Waals surface area contributed by atoms with Crippen molar-refractivity contribution in [3.63, 3.8) is 0 Å². The molecule has 4 nitrogen and oxygen atoms in total. The molecule has 1 aliphatic heterocycles. The minimum Gasteiger partial charge on any atom is -0.466 e. The Balaban J connectivity index is 1.92. The predicted molar refractivity (Wildman–Crippen MR) is 76.2 cm³/mol. The van der Waals surface area contributed by atoms with E-state index in [2.05, 4.69) is 16.1 Å². The number of methoxy groups -OCH3 is 1. The summed E-state index contributed by atoms with van der Waals surface area (Å²) >= 11 is 0. The van der Waals surface area contributed by atoms with Crippen LogP contribution in [0, 0.1) is 5.92 Å². The molecule has 1 fully saturated rings. The Morgan fingerprint density at radius 1 is 1.35 bits per heavy atom. The molecule has 1 saturated carbocycles. The summed E-state index contributed by atoms with van der Waals surface area (Å²) in [7, 11) is 1.36. The molecule has 0 bridgehead atoms. The molecule has 1 aromatic rings. The van der Waals surface area contributed by atoms with Crippen molar-refractivity contribution in [3.8, 4) is 0 Å². The third-order valence-electron chi connectivity index (χ3n) is 4.20. The van der Waals surface area contributed by atoms with Crippen molar-refractivity contribution >= 4 is 23.6 Å². The van der Waals surface area contributed by atoms with Crippen LogP contribution in [0.4, 0.5) is 5.69 Å². The summed E-state index contributed by atoms with van der Waals surface area (Å²) in [5.74, 6) is 0.222. The van der Waals surface area contributed by atoms with Crippen molar-refractivity contribution in [2.24, 2.45) is 5.92 Å². The molecule has 20 heavy (non-hydrogen) atoms. The molecule has 1 amide bonds. The third kappa shape index (κ3) is 2.22. The Hall–Kier alpha value is -2.10. The lowest BCUT2D eigenvalue weighted by Gasteiger charge is -2.28. The van der Waals surface area contributed by atoms with Crippen LogP contribution < -0.4 is 5.32 Å². The predicted octanol–water partition coefficient (Wildman–Crippen LogP) is 2.71. The third-order valence-corrected chi connectivity index (χ3v) is 4.20. The largest absolute Gasteiger partial charge is 0.466 e. The quantitative estimate of drug-likeness (QED) is 0.664.